The Kier molecular flexibility index (Phi) is 6.08. The molecule has 2 aliphatic heterocycles. The molecule has 8 heteroatoms. The van der Waals surface area contributed by atoms with Crippen LogP contribution in [0.5, 0.6) is 0 Å². The first-order valence-corrected chi connectivity index (χ1v) is 19.5. The lowest BCUT2D eigenvalue weighted by Crippen LogP contribution is -2.13. The van der Waals surface area contributed by atoms with Gasteiger partial charge >= 0.3 is 0 Å². The molecule has 2 N–H and O–H groups in total. The van der Waals surface area contributed by atoms with Crippen LogP contribution in [0.2, 0.25) is 0 Å². The largest absolute Gasteiger partial charge is 0.324 e. The predicted molar refractivity (Wildman–Crippen MR) is 223 cm³/mol. The number of nitrogens with one attached hydrogen (secondary N) is 2. The van der Waals surface area contributed by atoms with Crippen molar-refractivity contribution in [1.82, 2.24) is 39.9 Å². The maximum absolute atomic E-state index is 5.39. The first kappa shape index (κ1) is 30.3. The number of aromatic nitrogens is 8. The van der Waals surface area contributed by atoms with Gasteiger partial charge in [0.1, 0.15) is 22.6 Å². The molecule has 7 aromatic rings. The highest BCUT2D eigenvalue weighted by Crippen LogP contribution is 2.43. The van der Waals surface area contributed by atoms with Gasteiger partial charge < -0.3 is 9.97 Å². The van der Waals surface area contributed by atoms with Gasteiger partial charge in [-0.1, -0.05) is 85.0 Å². The highest BCUT2D eigenvalue weighted by Gasteiger charge is 2.30. The first-order valence-electron chi connectivity index (χ1n) is 19.5. The maximum Gasteiger partial charge on any atom is 0.164 e. The molecule has 0 amide bonds. The molecule has 6 aliphatic rings. The molecule has 5 heterocycles. The molecule has 4 aromatic carbocycles. The van der Waals surface area contributed by atoms with Crippen LogP contribution in [0.15, 0.2) is 120 Å². The minimum absolute atomic E-state index is 0.258. The van der Waals surface area contributed by atoms with Crippen molar-refractivity contribution >= 4 is 56.3 Å². The van der Waals surface area contributed by atoms with Crippen LogP contribution in [-0.4, -0.2) is 39.9 Å². The van der Waals surface area contributed by atoms with Crippen LogP contribution in [-0.2, 0) is 12.8 Å². The summed E-state index contributed by atoms with van der Waals surface area (Å²) in [5.74, 6) is 3.22. The Bertz CT molecular complexity index is 3280. The van der Waals surface area contributed by atoms with Gasteiger partial charge in [-0.05, 0) is 101 Å². The lowest BCUT2D eigenvalue weighted by atomic mass is 9.79. The Morgan fingerprint density at radius 2 is 1.00 bits per heavy atom. The minimum atomic E-state index is 0.258. The summed E-state index contributed by atoms with van der Waals surface area (Å²) in [5.41, 5.74) is 13.8. The smallest absolute Gasteiger partial charge is 0.164 e. The zero-order valence-corrected chi connectivity index (χ0v) is 30.2. The van der Waals surface area contributed by atoms with Gasteiger partial charge in [0.2, 0.25) is 0 Å². The van der Waals surface area contributed by atoms with E-state index >= 15 is 0 Å². The highest BCUT2D eigenvalue weighted by molar-refractivity contribution is 5.98. The standard InChI is InChI=1S/C48H32N8/c1-2-10-26-18-34-33(17-25(26)9-1)41-49-42(34)54-44-37-21-29-13-5-6-14-30(29)22-38(37)46(51-44)56-48-40-24-32-16-8-7-15-31(32)23-39(40)47(52-48)55-45-36-20-28-12-4-3-11-27(28)19-35(36)43(50-45)53-41/h1-7,9-15,18-23,25,32H,8,16-17,24H2,(H2,49,50,51,52,53,54,55,56). The van der Waals surface area contributed by atoms with Crippen LogP contribution < -0.4 is 0 Å². The second kappa shape index (κ2) is 11.2. The second-order valence-electron chi connectivity index (χ2n) is 15.6. The number of H-pyrrole nitrogens is 2. The first-order chi connectivity index (χ1) is 27.7. The molecule has 2 atom stereocenters. The molecule has 0 saturated carbocycles. The summed E-state index contributed by atoms with van der Waals surface area (Å²) < 4.78 is 0. The summed E-state index contributed by atoms with van der Waals surface area (Å²) >= 11 is 0. The number of nitrogens with zero attached hydrogens (tertiary/aromatic N) is 6. The molecule has 4 aliphatic carbocycles. The lowest BCUT2D eigenvalue weighted by Gasteiger charge is -2.25. The number of benzene rings is 4. The van der Waals surface area contributed by atoms with E-state index in [2.05, 4.69) is 131 Å². The van der Waals surface area contributed by atoms with Crippen LogP contribution in [0.1, 0.15) is 35.1 Å². The third-order valence-corrected chi connectivity index (χ3v) is 12.4. The van der Waals surface area contributed by atoms with E-state index < -0.39 is 0 Å². The Balaban J connectivity index is 1.18. The zero-order chi connectivity index (χ0) is 36.5. The predicted octanol–water partition coefficient (Wildman–Crippen LogP) is 10.5. The van der Waals surface area contributed by atoms with Crippen molar-refractivity contribution in [2.45, 2.75) is 25.7 Å². The number of aromatic amines is 2. The third-order valence-electron chi connectivity index (χ3n) is 12.4. The quantitative estimate of drug-likeness (QED) is 0.161. The van der Waals surface area contributed by atoms with Gasteiger partial charge in [-0.15, -0.1) is 0 Å². The maximum atomic E-state index is 5.39. The molecule has 0 saturated heterocycles. The summed E-state index contributed by atoms with van der Waals surface area (Å²) in [5, 5.41) is 4.53. The number of hydrogen-bond acceptors (Lipinski definition) is 6. The number of allylic oxidation sites excluding steroid dienone is 8. The average Bonchev–Trinajstić information content (AvgIpc) is 3.95. The molecule has 0 spiro atoms. The van der Waals surface area contributed by atoms with Crippen molar-refractivity contribution in [2.24, 2.45) is 11.8 Å². The number of fused-ring (bicyclic) bond motifs is 24. The zero-order valence-electron chi connectivity index (χ0n) is 30.2. The topological polar surface area (TPSA) is 109 Å². The number of hydrogen-bond donors (Lipinski definition) is 2. The van der Waals surface area contributed by atoms with Crippen molar-refractivity contribution in [2.75, 3.05) is 0 Å². The molecule has 8 nitrogen and oxygen atoms in total. The summed E-state index contributed by atoms with van der Waals surface area (Å²) in [6, 6.07) is 25.7. The normalized spacial score (nSPS) is 18.4. The molecule has 264 valence electrons. The van der Waals surface area contributed by atoms with Gasteiger partial charge in [0.25, 0.3) is 0 Å². The van der Waals surface area contributed by atoms with E-state index in [1.807, 2.05) is 0 Å². The second-order valence-corrected chi connectivity index (χ2v) is 15.6. The van der Waals surface area contributed by atoms with Crippen molar-refractivity contribution < 1.29 is 0 Å². The summed E-state index contributed by atoms with van der Waals surface area (Å²) in [4.78, 5) is 39.3. The van der Waals surface area contributed by atoms with Crippen molar-refractivity contribution in [3.8, 4) is 45.6 Å². The van der Waals surface area contributed by atoms with E-state index in [1.54, 1.807) is 0 Å². The van der Waals surface area contributed by atoms with E-state index in [-0.39, 0.29) is 5.92 Å². The van der Waals surface area contributed by atoms with E-state index in [4.69, 9.17) is 29.9 Å². The van der Waals surface area contributed by atoms with Gasteiger partial charge in [0.15, 0.2) is 23.3 Å². The lowest BCUT2D eigenvalue weighted by molar-refractivity contribution is 0.559. The Labute approximate surface area is 320 Å². The van der Waals surface area contributed by atoms with Crippen LogP contribution >= 0.6 is 0 Å². The SMILES string of the molecule is C1=CC2=Cc3c(c4nc5nc(nc6[nH]c(nc7nc(nc3[nH]4)-c3cc4ccccc4cc3-7)c3c6C=C4C=CCCC4C3)-c3cc4ccccc4cc3-5)CC2C=C1. The average molecular weight is 721 g/mol. The van der Waals surface area contributed by atoms with E-state index in [0.29, 0.717) is 29.2 Å². The highest BCUT2D eigenvalue weighted by atomic mass is 15.1. The molecule has 8 bridgehead atoms. The summed E-state index contributed by atoms with van der Waals surface area (Å²) in [6.45, 7) is 0. The fourth-order valence-electron chi connectivity index (χ4n) is 9.51. The van der Waals surface area contributed by atoms with Gasteiger partial charge in [-0.25, -0.2) is 29.9 Å². The van der Waals surface area contributed by atoms with E-state index in [0.717, 1.165) is 114 Å². The van der Waals surface area contributed by atoms with Crippen molar-refractivity contribution in [1.29, 1.82) is 0 Å². The Morgan fingerprint density at radius 1 is 0.500 bits per heavy atom. The molecule has 56 heavy (non-hydrogen) atoms. The van der Waals surface area contributed by atoms with E-state index in [9.17, 15) is 0 Å². The van der Waals surface area contributed by atoms with Crippen molar-refractivity contribution in [3.05, 3.63) is 143 Å². The molecule has 3 aromatic heterocycles. The van der Waals surface area contributed by atoms with Gasteiger partial charge in [0.05, 0.1) is 0 Å². The van der Waals surface area contributed by atoms with Gasteiger partial charge in [-0.2, -0.15) is 0 Å². The fourth-order valence-corrected chi connectivity index (χ4v) is 9.51. The van der Waals surface area contributed by atoms with Crippen LogP contribution in [0.25, 0.3) is 102 Å². The summed E-state index contributed by atoms with van der Waals surface area (Å²) in [7, 11) is 0. The molecular formula is C48H32N8. The Morgan fingerprint density at radius 3 is 1.55 bits per heavy atom. The van der Waals surface area contributed by atoms with Crippen LogP contribution in [0.4, 0.5) is 0 Å². The van der Waals surface area contributed by atoms with Crippen LogP contribution in [0, 0.1) is 11.8 Å². The van der Waals surface area contributed by atoms with E-state index in [1.165, 1.54) is 11.1 Å². The monoisotopic (exact) mass is 720 g/mol. The molecule has 0 fully saturated rings. The fraction of sp³-hybridized carbons (Fsp3) is 0.125. The molecule has 13 rings (SSSR count). The van der Waals surface area contributed by atoms with Crippen molar-refractivity contribution in [3.63, 3.8) is 0 Å². The van der Waals surface area contributed by atoms with Gasteiger partial charge in [-0.3, -0.25) is 0 Å². The Hall–Kier alpha value is -7.06. The molecule has 0 radical (unpaired) electrons. The summed E-state index contributed by atoms with van der Waals surface area (Å²) in [6.07, 6.45) is 21.7. The third kappa shape index (κ3) is 4.47. The molecule has 2 unspecified atom stereocenters. The molecular weight excluding hydrogens is 689 g/mol. The van der Waals surface area contributed by atoms with Crippen LogP contribution in [0.3, 0.4) is 0 Å². The number of rotatable bonds is 0. The van der Waals surface area contributed by atoms with Gasteiger partial charge in [0, 0.05) is 50.4 Å². The minimum Gasteiger partial charge on any atom is -0.324 e.